The third-order valence-corrected chi connectivity index (χ3v) is 7.25. The molecule has 1 aliphatic carbocycles. The van der Waals surface area contributed by atoms with E-state index < -0.39 is 12.0 Å². The van der Waals surface area contributed by atoms with Gasteiger partial charge >= 0.3 is 0 Å². The monoisotopic (exact) mass is 480 g/mol. The number of hydrogen-bond donors (Lipinski definition) is 2. The van der Waals surface area contributed by atoms with Crippen LogP contribution in [0.5, 0.6) is 11.6 Å². The van der Waals surface area contributed by atoms with Gasteiger partial charge in [0.2, 0.25) is 5.88 Å². The fourth-order valence-electron chi connectivity index (χ4n) is 5.38. The Kier molecular flexibility index (Phi) is 5.47. The highest BCUT2D eigenvalue weighted by atomic mass is 19.1. The number of phenols is 1. The number of aromatic hydroxyl groups is 1. The van der Waals surface area contributed by atoms with Crippen molar-refractivity contribution in [1.29, 1.82) is 0 Å². The number of halogens is 2. The Labute approximate surface area is 201 Å². The Morgan fingerprint density at radius 3 is 2.63 bits per heavy atom. The molecule has 2 saturated heterocycles. The summed E-state index contributed by atoms with van der Waals surface area (Å²) in [6, 6.07) is 6.47. The van der Waals surface area contributed by atoms with Gasteiger partial charge in [0.1, 0.15) is 17.7 Å². The number of benzene rings is 1. The number of aromatic nitrogens is 4. The summed E-state index contributed by atoms with van der Waals surface area (Å²) in [4.78, 5) is 10.4. The number of nitrogens with one attached hydrogen (secondary N) is 1. The van der Waals surface area contributed by atoms with Gasteiger partial charge in [0.05, 0.1) is 31.1 Å². The maximum Gasteiger partial charge on any atom is 0.213 e. The molecule has 2 aliphatic heterocycles. The zero-order valence-corrected chi connectivity index (χ0v) is 19.2. The Morgan fingerprint density at radius 2 is 1.91 bits per heavy atom. The first kappa shape index (κ1) is 22.1. The number of rotatable bonds is 6. The van der Waals surface area contributed by atoms with Crippen molar-refractivity contribution < 1.29 is 18.6 Å². The van der Waals surface area contributed by atoms with Crippen LogP contribution < -0.4 is 15.0 Å². The number of nitrogens with zero attached hydrogens (tertiary/aromatic N) is 5. The lowest BCUT2D eigenvalue weighted by atomic mass is 9.96. The van der Waals surface area contributed by atoms with E-state index in [4.69, 9.17) is 4.74 Å². The number of anilines is 1. The lowest BCUT2D eigenvalue weighted by Crippen LogP contribution is -2.57. The summed E-state index contributed by atoms with van der Waals surface area (Å²) in [6.07, 6.45) is 6.37. The van der Waals surface area contributed by atoms with Gasteiger partial charge < -0.3 is 20.1 Å². The number of alkyl halides is 1. The van der Waals surface area contributed by atoms with E-state index in [0.717, 1.165) is 38.3 Å². The van der Waals surface area contributed by atoms with Crippen molar-refractivity contribution in [3.63, 3.8) is 0 Å². The molecule has 3 fully saturated rings. The van der Waals surface area contributed by atoms with Crippen molar-refractivity contribution in [2.45, 2.75) is 62.4 Å². The van der Waals surface area contributed by atoms with E-state index >= 15 is 4.39 Å². The maximum atomic E-state index is 15.3. The molecular formula is C25H26F2N6O2. The molecule has 6 rings (SSSR count). The van der Waals surface area contributed by atoms with Crippen LogP contribution in [0.3, 0.4) is 0 Å². The van der Waals surface area contributed by atoms with Crippen LogP contribution in [0.4, 0.5) is 14.6 Å². The lowest BCUT2D eigenvalue weighted by molar-refractivity contribution is 0.171. The van der Waals surface area contributed by atoms with E-state index in [-0.39, 0.29) is 41.1 Å². The molecule has 4 atom stereocenters. The highest BCUT2D eigenvalue weighted by Crippen LogP contribution is 2.40. The van der Waals surface area contributed by atoms with Crippen molar-refractivity contribution in [2.75, 3.05) is 12.0 Å². The zero-order chi connectivity index (χ0) is 24.1. The number of methoxy groups -OCH3 is 1. The molecule has 0 radical (unpaired) electrons. The van der Waals surface area contributed by atoms with Crippen LogP contribution in [0.25, 0.3) is 22.5 Å². The largest absolute Gasteiger partial charge is 0.507 e. The van der Waals surface area contributed by atoms with Gasteiger partial charge in [0.25, 0.3) is 0 Å². The van der Waals surface area contributed by atoms with Crippen molar-refractivity contribution >= 4 is 5.82 Å². The average Bonchev–Trinajstić information content (AvgIpc) is 3.62. The third-order valence-electron chi connectivity index (χ3n) is 7.25. The second-order valence-corrected chi connectivity index (χ2v) is 9.51. The second kappa shape index (κ2) is 8.67. The normalized spacial score (nSPS) is 25.5. The standard InChI is InChI=1S/C25H26F2N6O2/c1-35-23-10-17(18(26)11-28-23)13-2-6-16(21(34)8-13)25-29-12-22(31-32-25)33(15-4-5-15)20-9-14-3-7-19(30-14)24(20)27/h2,6,8,10-12,14-15,19-20,24,30,34H,3-5,7,9H2,1H3/t14-,19+,20+,24-/m1/s1. The molecule has 2 N–H and O–H groups in total. The predicted molar refractivity (Wildman–Crippen MR) is 125 cm³/mol. The van der Waals surface area contributed by atoms with Crippen LogP contribution in [-0.4, -0.2) is 62.7 Å². The van der Waals surface area contributed by atoms with Gasteiger partial charge in [-0.2, -0.15) is 0 Å². The van der Waals surface area contributed by atoms with E-state index in [2.05, 4.69) is 30.4 Å². The molecule has 2 aromatic heterocycles. The average molecular weight is 481 g/mol. The van der Waals surface area contributed by atoms with E-state index in [0.29, 0.717) is 23.0 Å². The van der Waals surface area contributed by atoms with Crippen LogP contribution in [-0.2, 0) is 0 Å². The minimum Gasteiger partial charge on any atom is -0.507 e. The summed E-state index contributed by atoms with van der Waals surface area (Å²) in [5.74, 6) is 0.435. The first-order valence-corrected chi connectivity index (χ1v) is 11.9. The summed E-state index contributed by atoms with van der Waals surface area (Å²) in [5, 5.41) is 22.7. The second-order valence-electron chi connectivity index (χ2n) is 9.51. The highest BCUT2D eigenvalue weighted by molar-refractivity contribution is 5.73. The van der Waals surface area contributed by atoms with E-state index in [9.17, 15) is 9.50 Å². The summed E-state index contributed by atoms with van der Waals surface area (Å²) in [6.45, 7) is 0. The first-order chi connectivity index (χ1) is 17.0. The molecule has 2 bridgehead atoms. The van der Waals surface area contributed by atoms with Crippen molar-refractivity contribution in [1.82, 2.24) is 25.5 Å². The predicted octanol–water partition coefficient (Wildman–Crippen LogP) is 3.65. The minimum absolute atomic E-state index is 0.0964. The summed E-state index contributed by atoms with van der Waals surface area (Å²) in [7, 11) is 1.45. The van der Waals surface area contributed by atoms with Gasteiger partial charge in [-0.25, -0.2) is 18.7 Å². The molecule has 3 aliphatic rings. The fourth-order valence-corrected chi connectivity index (χ4v) is 5.38. The molecule has 4 heterocycles. The van der Waals surface area contributed by atoms with Crippen LogP contribution in [0.2, 0.25) is 0 Å². The number of ether oxygens (including phenoxy) is 1. The summed E-state index contributed by atoms with van der Waals surface area (Å²) < 4.78 is 34.6. The Balaban J connectivity index is 1.27. The highest BCUT2D eigenvalue weighted by Gasteiger charge is 2.48. The number of piperidine rings is 1. The van der Waals surface area contributed by atoms with Crippen LogP contribution in [0.1, 0.15) is 32.1 Å². The van der Waals surface area contributed by atoms with Gasteiger partial charge in [-0.15, -0.1) is 10.2 Å². The zero-order valence-electron chi connectivity index (χ0n) is 19.2. The van der Waals surface area contributed by atoms with Crippen molar-refractivity contribution in [2.24, 2.45) is 0 Å². The molecule has 3 aromatic rings. The molecule has 0 unspecified atom stereocenters. The molecule has 8 nitrogen and oxygen atoms in total. The molecule has 10 heteroatoms. The van der Waals surface area contributed by atoms with Crippen LogP contribution >= 0.6 is 0 Å². The smallest absolute Gasteiger partial charge is 0.213 e. The molecule has 1 saturated carbocycles. The van der Waals surface area contributed by atoms with Gasteiger partial charge in [0.15, 0.2) is 11.6 Å². The number of fused-ring (bicyclic) bond motifs is 2. The van der Waals surface area contributed by atoms with E-state index in [1.807, 2.05) is 0 Å². The molecule has 1 aromatic carbocycles. The Hall–Kier alpha value is -3.40. The van der Waals surface area contributed by atoms with Crippen LogP contribution in [0, 0.1) is 5.82 Å². The van der Waals surface area contributed by atoms with Gasteiger partial charge in [0, 0.05) is 29.8 Å². The maximum absolute atomic E-state index is 15.3. The Bertz CT molecular complexity index is 1240. The van der Waals surface area contributed by atoms with E-state index in [1.54, 1.807) is 18.3 Å². The lowest BCUT2D eigenvalue weighted by Gasteiger charge is -2.40. The van der Waals surface area contributed by atoms with E-state index in [1.165, 1.54) is 19.2 Å². The number of pyridine rings is 1. The van der Waals surface area contributed by atoms with Crippen LogP contribution in [0.15, 0.2) is 36.7 Å². The van der Waals surface area contributed by atoms with Gasteiger partial charge in [-0.05, 0) is 49.8 Å². The molecular weight excluding hydrogens is 454 g/mol. The molecule has 0 amide bonds. The Morgan fingerprint density at radius 1 is 1.06 bits per heavy atom. The summed E-state index contributed by atoms with van der Waals surface area (Å²) >= 11 is 0. The van der Waals surface area contributed by atoms with Gasteiger partial charge in [-0.1, -0.05) is 6.07 Å². The molecule has 35 heavy (non-hydrogen) atoms. The quantitative estimate of drug-likeness (QED) is 0.552. The van der Waals surface area contributed by atoms with Gasteiger partial charge in [-0.3, -0.25) is 0 Å². The van der Waals surface area contributed by atoms with Crippen molar-refractivity contribution in [3.8, 4) is 34.1 Å². The number of phenolic OH excluding ortho intramolecular Hbond substituents is 1. The fraction of sp³-hybridized carbons (Fsp3) is 0.440. The first-order valence-electron chi connectivity index (χ1n) is 11.9. The topological polar surface area (TPSA) is 96.3 Å². The van der Waals surface area contributed by atoms with Crippen molar-refractivity contribution in [3.05, 3.63) is 42.5 Å². The SMILES string of the molecule is COc1cc(-c2ccc(-c3ncc(N(C4CC4)[C@H]4C[C@H]5CC[C@H](N5)[C@H]4F)nn3)c(O)c2)c(F)cn1. The molecule has 0 spiro atoms. The third kappa shape index (κ3) is 4.05. The number of hydrogen-bond acceptors (Lipinski definition) is 8. The molecule has 182 valence electrons. The summed E-state index contributed by atoms with van der Waals surface area (Å²) in [5.41, 5.74) is 1.09. The minimum atomic E-state index is -0.959.